The van der Waals surface area contributed by atoms with E-state index in [4.69, 9.17) is 19.3 Å². The Morgan fingerprint density at radius 3 is 2.57 bits per heavy atom. The molecule has 3 aromatic rings. The highest BCUT2D eigenvalue weighted by molar-refractivity contribution is 5.88. The quantitative estimate of drug-likeness (QED) is 0.481. The van der Waals surface area contributed by atoms with E-state index in [1.165, 1.54) is 6.21 Å². The predicted octanol–water partition coefficient (Wildman–Crippen LogP) is 2.59. The molecule has 1 atom stereocenters. The molecular formula is C22H18N2O6. The van der Waals surface area contributed by atoms with Crippen LogP contribution in [0.5, 0.6) is 17.2 Å². The van der Waals surface area contributed by atoms with Crippen LogP contribution in [0.2, 0.25) is 0 Å². The summed E-state index contributed by atoms with van der Waals surface area (Å²) < 4.78 is 16.7. The molecule has 0 radical (unpaired) electrons. The minimum Gasteiger partial charge on any atom is -0.485 e. The van der Waals surface area contributed by atoms with Gasteiger partial charge in [-0.2, -0.15) is 5.10 Å². The summed E-state index contributed by atoms with van der Waals surface area (Å²) in [6, 6.07) is 18.3. The van der Waals surface area contributed by atoms with Crippen molar-refractivity contribution >= 4 is 28.9 Å². The average molecular weight is 406 g/mol. The first kappa shape index (κ1) is 19.3. The smallest absolute Gasteiger partial charge is 0.341 e. The van der Waals surface area contributed by atoms with Gasteiger partial charge in [-0.25, -0.2) is 10.2 Å². The Morgan fingerprint density at radius 1 is 1.10 bits per heavy atom. The number of rotatable bonds is 6. The molecule has 30 heavy (non-hydrogen) atoms. The van der Waals surface area contributed by atoms with Crippen molar-refractivity contribution in [3.63, 3.8) is 0 Å². The third kappa shape index (κ3) is 4.33. The van der Waals surface area contributed by atoms with E-state index in [-0.39, 0.29) is 6.61 Å². The first-order valence-corrected chi connectivity index (χ1v) is 9.19. The molecule has 0 aromatic heterocycles. The molecule has 8 nitrogen and oxygen atoms in total. The van der Waals surface area contributed by atoms with Crippen molar-refractivity contribution in [2.45, 2.75) is 6.10 Å². The Hall–Kier alpha value is -4.07. The minimum absolute atomic E-state index is 0.0605. The number of amides is 1. The van der Waals surface area contributed by atoms with Crippen LogP contribution in [-0.4, -0.2) is 42.5 Å². The number of hydrazone groups is 1. The van der Waals surface area contributed by atoms with E-state index < -0.39 is 24.6 Å². The molecule has 0 bridgehead atoms. The lowest BCUT2D eigenvalue weighted by molar-refractivity contribution is -0.139. The summed E-state index contributed by atoms with van der Waals surface area (Å²) in [5.41, 5.74) is 2.94. The van der Waals surface area contributed by atoms with Gasteiger partial charge in [0.2, 0.25) is 6.10 Å². The zero-order chi connectivity index (χ0) is 20.9. The molecule has 0 fully saturated rings. The van der Waals surface area contributed by atoms with E-state index in [0.717, 1.165) is 10.8 Å². The zero-order valence-corrected chi connectivity index (χ0v) is 15.8. The topological polar surface area (TPSA) is 106 Å². The second-order valence-corrected chi connectivity index (χ2v) is 6.52. The second-order valence-electron chi connectivity index (χ2n) is 6.52. The van der Waals surface area contributed by atoms with E-state index in [1.807, 2.05) is 36.4 Å². The van der Waals surface area contributed by atoms with Gasteiger partial charge in [-0.05, 0) is 35.0 Å². The molecule has 1 aliphatic heterocycles. The maximum atomic E-state index is 12.4. The van der Waals surface area contributed by atoms with Crippen molar-refractivity contribution < 1.29 is 28.9 Å². The van der Waals surface area contributed by atoms with Crippen molar-refractivity contribution in [2.75, 3.05) is 13.2 Å². The molecule has 0 saturated carbocycles. The number of ether oxygens (including phenoxy) is 3. The summed E-state index contributed by atoms with van der Waals surface area (Å²) in [6.07, 6.45) is 0.523. The minimum atomic E-state index is -1.09. The lowest BCUT2D eigenvalue weighted by atomic mass is 10.1. The SMILES string of the molecule is O=C(O)COc1ccccc1/C=N\NC(=O)[C@@H]1COc2cc3ccccc3cc2O1. The van der Waals surface area contributed by atoms with Crippen LogP contribution < -0.4 is 19.6 Å². The molecule has 0 spiro atoms. The average Bonchev–Trinajstić information content (AvgIpc) is 2.76. The highest BCUT2D eigenvalue weighted by Crippen LogP contribution is 2.35. The summed E-state index contributed by atoms with van der Waals surface area (Å²) in [4.78, 5) is 23.1. The van der Waals surface area contributed by atoms with E-state index in [2.05, 4.69) is 10.5 Å². The Morgan fingerprint density at radius 2 is 1.80 bits per heavy atom. The number of para-hydroxylation sites is 1. The third-order valence-corrected chi connectivity index (χ3v) is 4.41. The Labute approximate surface area is 171 Å². The Balaban J connectivity index is 1.41. The van der Waals surface area contributed by atoms with Crippen molar-refractivity contribution in [1.29, 1.82) is 0 Å². The van der Waals surface area contributed by atoms with Gasteiger partial charge in [0.05, 0.1) is 6.21 Å². The van der Waals surface area contributed by atoms with Crippen molar-refractivity contribution in [1.82, 2.24) is 5.43 Å². The highest BCUT2D eigenvalue weighted by Gasteiger charge is 2.27. The van der Waals surface area contributed by atoms with Gasteiger partial charge in [-0.15, -0.1) is 0 Å². The van der Waals surface area contributed by atoms with Crippen LogP contribution in [-0.2, 0) is 9.59 Å². The molecule has 1 heterocycles. The molecule has 2 N–H and O–H groups in total. The molecule has 0 unspecified atom stereocenters. The molecule has 1 aliphatic rings. The maximum absolute atomic E-state index is 12.4. The van der Waals surface area contributed by atoms with E-state index >= 15 is 0 Å². The van der Waals surface area contributed by atoms with Crippen LogP contribution in [0.15, 0.2) is 65.8 Å². The monoisotopic (exact) mass is 406 g/mol. The van der Waals surface area contributed by atoms with Crippen molar-refractivity contribution in [3.8, 4) is 17.2 Å². The molecule has 8 heteroatoms. The van der Waals surface area contributed by atoms with Crippen LogP contribution in [0.1, 0.15) is 5.56 Å². The summed E-state index contributed by atoms with van der Waals surface area (Å²) in [6.45, 7) is -0.413. The summed E-state index contributed by atoms with van der Waals surface area (Å²) >= 11 is 0. The van der Waals surface area contributed by atoms with Gasteiger partial charge >= 0.3 is 5.97 Å². The van der Waals surface area contributed by atoms with Crippen LogP contribution in [0.4, 0.5) is 0 Å². The van der Waals surface area contributed by atoms with Gasteiger partial charge in [-0.1, -0.05) is 36.4 Å². The fourth-order valence-corrected chi connectivity index (χ4v) is 2.98. The molecule has 1 amide bonds. The number of nitrogens with one attached hydrogen (secondary N) is 1. The van der Waals surface area contributed by atoms with Gasteiger partial charge in [0.25, 0.3) is 5.91 Å². The lowest BCUT2D eigenvalue weighted by Crippen LogP contribution is -2.42. The summed E-state index contributed by atoms with van der Waals surface area (Å²) in [5, 5.41) is 14.7. The molecule has 3 aromatic carbocycles. The number of carboxylic acid groups (broad SMARTS) is 1. The summed E-state index contributed by atoms with van der Waals surface area (Å²) in [5.74, 6) is -0.121. The van der Waals surface area contributed by atoms with Crippen LogP contribution >= 0.6 is 0 Å². The van der Waals surface area contributed by atoms with Gasteiger partial charge in [-0.3, -0.25) is 4.79 Å². The number of nitrogens with zero attached hydrogens (tertiary/aromatic N) is 1. The maximum Gasteiger partial charge on any atom is 0.341 e. The first-order valence-electron chi connectivity index (χ1n) is 9.19. The zero-order valence-electron chi connectivity index (χ0n) is 15.8. The number of hydrogen-bond acceptors (Lipinski definition) is 6. The molecule has 0 aliphatic carbocycles. The van der Waals surface area contributed by atoms with E-state index in [9.17, 15) is 9.59 Å². The normalized spacial score (nSPS) is 15.1. The molecule has 152 valence electrons. The molecule has 0 saturated heterocycles. The van der Waals surface area contributed by atoms with Crippen LogP contribution in [0, 0.1) is 0 Å². The van der Waals surface area contributed by atoms with E-state index in [0.29, 0.717) is 22.8 Å². The second kappa shape index (κ2) is 8.52. The molecule has 4 rings (SSSR count). The van der Waals surface area contributed by atoms with Crippen molar-refractivity contribution in [3.05, 3.63) is 66.2 Å². The number of carbonyl (C=O) groups excluding carboxylic acids is 1. The molecular weight excluding hydrogens is 388 g/mol. The van der Waals surface area contributed by atoms with E-state index in [1.54, 1.807) is 24.3 Å². The predicted molar refractivity (Wildman–Crippen MR) is 109 cm³/mol. The fourth-order valence-electron chi connectivity index (χ4n) is 2.98. The lowest BCUT2D eigenvalue weighted by Gasteiger charge is -2.25. The first-order chi connectivity index (χ1) is 14.6. The third-order valence-electron chi connectivity index (χ3n) is 4.41. The standard InChI is InChI=1S/C22H18N2O6/c25-21(26)13-29-17-8-4-3-7-16(17)11-23-24-22(27)20-12-28-18-9-14-5-1-2-6-15(14)10-19(18)30-20/h1-11,20H,12-13H2,(H,24,27)(H,25,26)/b23-11-/t20-/m0/s1. The summed E-state index contributed by atoms with van der Waals surface area (Å²) in [7, 11) is 0. The number of hydrogen-bond donors (Lipinski definition) is 2. The van der Waals surface area contributed by atoms with Crippen molar-refractivity contribution in [2.24, 2.45) is 5.10 Å². The van der Waals surface area contributed by atoms with Gasteiger partial charge in [0.15, 0.2) is 18.1 Å². The number of fused-ring (bicyclic) bond motifs is 2. The number of carbonyl (C=O) groups is 2. The highest BCUT2D eigenvalue weighted by atomic mass is 16.6. The number of benzene rings is 3. The number of carboxylic acids is 1. The largest absolute Gasteiger partial charge is 0.485 e. The Kier molecular flexibility index (Phi) is 5.47. The van der Waals surface area contributed by atoms with Gasteiger partial charge in [0.1, 0.15) is 12.4 Å². The fraction of sp³-hybridized carbons (Fsp3) is 0.136. The number of aliphatic carboxylic acids is 1. The van der Waals surface area contributed by atoms with Crippen LogP contribution in [0.25, 0.3) is 10.8 Å². The van der Waals surface area contributed by atoms with Crippen LogP contribution in [0.3, 0.4) is 0 Å². The van der Waals surface area contributed by atoms with Gasteiger partial charge < -0.3 is 19.3 Å². The Bertz CT molecular complexity index is 1130. The van der Waals surface area contributed by atoms with Gasteiger partial charge in [0, 0.05) is 5.56 Å².